The van der Waals surface area contributed by atoms with Gasteiger partial charge in [0.05, 0.1) is 23.5 Å². The normalized spacial score (nSPS) is 15.4. The average molecular weight is 362 g/mol. The molecule has 1 fully saturated rings. The Morgan fingerprint density at radius 1 is 1.32 bits per heavy atom. The Labute approximate surface area is 150 Å². The summed E-state index contributed by atoms with van der Waals surface area (Å²) in [6.07, 6.45) is 0.246. The quantitative estimate of drug-likeness (QED) is 0.863. The Bertz CT molecular complexity index is 733. The second kappa shape index (κ2) is 7.79. The maximum absolute atomic E-state index is 12.5. The van der Waals surface area contributed by atoms with Gasteiger partial charge in [-0.15, -0.1) is 11.3 Å². The summed E-state index contributed by atoms with van der Waals surface area (Å²) in [6, 6.07) is 3.90. The maximum atomic E-state index is 12.5. The van der Waals surface area contributed by atoms with Crippen LogP contribution in [0.15, 0.2) is 21.9 Å². The van der Waals surface area contributed by atoms with E-state index in [9.17, 15) is 9.59 Å². The summed E-state index contributed by atoms with van der Waals surface area (Å²) in [5.41, 5.74) is 0.696. The number of amides is 2. The fraction of sp³-hybridized carbons (Fsp3) is 0.471. The van der Waals surface area contributed by atoms with Gasteiger partial charge in [0.15, 0.2) is 0 Å². The number of thiophene rings is 1. The van der Waals surface area contributed by atoms with Gasteiger partial charge in [-0.1, -0.05) is 6.07 Å². The summed E-state index contributed by atoms with van der Waals surface area (Å²) in [5, 5.41) is 4.59. The van der Waals surface area contributed by atoms with Crippen molar-refractivity contribution in [3.8, 4) is 10.8 Å². The molecular formula is C17H22N4O3S. The molecule has 2 aromatic rings. The van der Waals surface area contributed by atoms with Crippen LogP contribution in [-0.4, -0.2) is 66.4 Å². The van der Waals surface area contributed by atoms with Gasteiger partial charge in [-0.25, -0.2) is 4.98 Å². The third-order valence-corrected chi connectivity index (χ3v) is 5.17. The van der Waals surface area contributed by atoms with Crippen LogP contribution in [0.25, 0.3) is 10.8 Å². The number of piperazine rings is 1. The molecule has 3 rings (SSSR count). The molecule has 1 saturated heterocycles. The Morgan fingerprint density at radius 3 is 2.72 bits per heavy atom. The Hall–Kier alpha value is -2.19. The van der Waals surface area contributed by atoms with Crippen LogP contribution < -0.4 is 5.32 Å². The molecule has 0 saturated carbocycles. The van der Waals surface area contributed by atoms with Gasteiger partial charge in [0.2, 0.25) is 17.7 Å². The van der Waals surface area contributed by atoms with Crippen molar-refractivity contribution in [1.29, 1.82) is 0 Å². The summed E-state index contributed by atoms with van der Waals surface area (Å²) in [7, 11) is 1.63. The summed E-state index contributed by atoms with van der Waals surface area (Å²) >= 11 is 1.56. The Morgan fingerprint density at radius 2 is 2.08 bits per heavy atom. The fourth-order valence-electron chi connectivity index (χ4n) is 2.79. The number of carbonyl (C=O) groups is 2. The number of carbonyl (C=O) groups excluding carboxylic acids is 2. The van der Waals surface area contributed by atoms with Crippen LogP contribution in [0.3, 0.4) is 0 Å². The number of aryl methyl sites for hydroxylation is 1. The van der Waals surface area contributed by atoms with Crippen molar-refractivity contribution in [3.05, 3.63) is 29.0 Å². The van der Waals surface area contributed by atoms with Crippen LogP contribution in [0.4, 0.5) is 0 Å². The predicted octanol–water partition coefficient (Wildman–Crippen LogP) is 1.14. The van der Waals surface area contributed by atoms with Crippen LogP contribution in [0.1, 0.15) is 11.5 Å². The van der Waals surface area contributed by atoms with Crippen molar-refractivity contribution < 1.29 is 14.0 Å². The number of likely N-dealkylation sites (N-methyl/N-ethyl adjacent to an activating group) is 1. The van der Waals surface area contributed by atoms with Crippen LogP contribution in [0.2, 0.25) is 0 Å². The molecule has 1 aliphatic heterocycles. The lowest BCUT2D eigenvalue weighted by molar-refractivity contribution is -0.132. The van der Waals surface area contributed by atoms with Gasteiger partial charge in [0.25, 0.3) is 0 Å². The summed E-state index contributed by atoms with van der Waals surface area (Å²) in [5.74, 6) is 1.31. The van der Waals surface area contributed by atoms with E-state index in [1.807, 2.05) is 29.3 Å². The highest BCUT2D eigenvalue weighted by Gasteiger charge is 2.24. The molecule has 2 amide bonds. The molecule has 7 nitrogen and oxygen atoms in total. The van der Waals surface area contributed by atoms with Crippen LogP contribution in [-0.2, 0) is 16.0 Å². The first-order valence-corrected chi connectivity index (χ1v) is 9.15. The van der Waals surface area contributed by atoms with Crippen molar-refractivity contribution in [1.82, 2.24) is 20.1 Å². The van der Waals surface area contributed by atoms with Gasteiger partial charge in [-0.3, -0.25) is 14.5 Å². The minimum Gasteiger partial charge on any atom is -0.440 e. The molecule has 25 heavy (non-hydrogen) atoms. The molecule has 0 bridgehead atoms. The number of rotatable bonds is 5. The lowest BCUT2D eigenvalue weighted by Crippen LogP contribution is -2.51. The molecule has 0 aliphatic carbocycles. The number of nitrogens with zero attached hydrogens (tertiary/aromatic N) is 3. The van der Waals surface area contributed by atoms with E-state index < -0.39 is 0 Å². The number of aromatic nitrogens is 1. The molecule has 1 N–H and O–H groups in total. The van der Waals surface area contributed by atoms with Gasteiger partial charge < -0.3 is 14.6 Å². The number of nitrogens with one attached hydrogen (secondary N) is 1. The van der Waals surface area contributed by atoms with Crippen LogP contribution in [0.5, 0.6) is 0 Å². The average Bonchev–Trinajstić information content (AvgIpc) is 3.26. The van der Waals surface area contributed by atoms with E-state index in [0.717, 1.165) is 4.88 Å². The first kappa shape index (κ1) is 17.6. The van der Waals surface area contributed by atoms with Gasteiger partial charge >= 0.3 is 0 Å². The molecule has 0 aromatic carbocycles. The van der Waals surface area contributed by atoms with E-state index in [1.54, 1.807) is 18.4 Å². The van der Waals surface area contributed by atoms with E-state index >= 15 is 0 Å². The molecule has 0 radical (unpaired) electrons. The van der Waals surface area contributed by atoms with E-state index in [4.69, 9.17) is 4.42 Å². The van der Waals surface area contributed by atoms with Crippen molar-refractivity contribution >= 4 is 23.2 Å². The lowest BCUT2D eigenvalue weighted by atomic mass is 10.2. The minimum absolute atomic E-state index is 0.000829. The predicted molar refractivity (Wildman–Crippen MR) is 95.3 cm³/mol. The van der Waals surface area contributed by atoms with E-state index in [0.29, 0.717) is 50.1 Å². The lowest BCUT2D eigenvalue weighted by Gasteiger charge is -2.34. The second-order valence-corrected chi connectivity index (χ2v) is 6.95. The number of hydrogen-bond donors (Lipinski definition) is 1. The minimum atomic E-state index is -0.000829. The first-order valence-electron chi connectivity index (χ1n) is 8.27. The fourth-order valence-corrected chi connectivity index (χ4v) is 3.44. The SMILES string of the molecule is CNC(=O)CN1CCN(C(=O)Cc2nc(-c3cccs3)oc2C)CC1. The molecule has 2 aromatic heterocycles. The summed E-state index contributed by atoms with van der Waals surface area (Å²) in [6.45, 7) is 4.89. The van der Waals surface area contributed by atoms with Crippen molar-refractivity contribution in [2.75, 3.05) is 39.8 Å². The van der Waals surface area contributed by atoms with E-state index in [2.05, 4.69) is 15.2 Å². The van der Waals surface area contributed by atoms with E-state index in [1.165, 1.54) is 0 Å². The zero-order chi connectivity index (χ0) is 17.8. The van der Waals surface area contributed by atoms with Crippen LogP contribution >= 0.6 is 11.3 Å². The largest absolute Gasteiger partial charge is 0.440 e. The smallest absolute Gasteiger partial charge is 0.236 e. The molecule has 1 aliphatic rings. The highest BCUT2D eigenvalue weighted by Crippen LogP contribution is 2.26. The van der Waals surface area contributed by atoms with Gasteiger partial charge in [-0.2, -0.15) is 0 Å². The van der Waals surface area contributed by atoms with Gasteiger partial charge in [-0.05, 0) is 18.4 Å². The zero-order valence-electron chi connectivity index (χ0n) is 14.4. The standard InChI is InChI=1S/C17H22N4O3S/c1-12-13(19-17(24-12)14-4-3-9-25-14)10-16(23)21-7-5-20(6-8-21)11-15(22)18-2/h3-4,9H,5-8,10-11H2,1-2H3,(H,18,22). The van der Waals surface area contributed by atoms with Gasteiger partial charge in [0.1, 0.15) is 5.76 Å². The van der Waals surface area contributed by atoms with E-state index in [-0.39, 0.29) is 18.2 Å². The molecule has 0 atom stereocenters. The molecule has 8 heteroatoms. The topological polar surface area (TPSA) is 78.7 Å². The van der Waals surface area contributed by atoms with Crippen molar-refractivity contribution in [2.24, 2.45) is 0 Å². The number of oxazole rings is 1. The third kappa shape index (κ3) is 4.26. The summed E-state index contributed by atoms with van der Waals surface area (Å²) in [4.78, 5) is 33.3. The van der Waals surface area contributed by atoms with Gasteiger partial charge in [0, 0.05) is 33.2 Å². The second-order valence-electron chi connectivity index (χ2n) is 6.01. The highest BCUT2D eigenvalue weighted by molar-refractivity contribution is 7.13. The van der Waals surface area contributed by atoms with Crippen LogP contribution in [0, 0.1) is 6.92 Å². The third-order valence-electron chi connectivity index (χ3n) is 4.31. The Kier molecular flexibility index (Phi) is 5.50. The summed E-state index contributed by atoms with van der Waals surface area (Å²) < 4.78 is 5.70. The molecule has 3 heterocycles. The van der Waals surface area contributed by atoms with Crippen molar-refractivity contribution in [3.63, 3.8) is 0 Å². The number of hydrogen-bond acceptors (Lipinski definition) is 6. The maximum Gasteiger partial charge on any atom is 0.236 e. The van der Waals surface area contributed by atoms with Crippen molar-refractivity contribution in [2.45, 2.75) is 13.3 Å². The zero-order valence-corrected chi connectivity index (χ0v) is 15.3. The Balaban J connectivity index is 1.56. The monoisotopic (exact) mass is 362 g/mol. The highest BCUT2D eigenvalue weighted by atomic mass is 32.1. The molecule has 0 unspecified atom stereocenters. The molecule has 134 valence electrons. The molecule has 0 spiro atoms. The molecular weight excluding hydrogens is 340 g/mol. The first-order chi connectivity index (χ1) is 12.1.